The van der Waals surface area contributed by atoms with Crippen LogP contribution in [0.15, 0.2) is 29.4 Å². The van der Waals surface area contributed by atoms with E-state index in [1.54, 1.807) is 11.8 Å². The average Bonchev–Trinajstić information content (AvgIpc) is 2.46. The molecule has 0 saturated carbocycles. The summed E-state index contributed by atoms with van der Waals surface area (Å²) in [5.74, 6) is 0.756. The minimum absolute atomic E-state index is 0.555. The SMILES string of the molecule is CCCCCCN1N=C(c2ccc(Cl)cc2)CSC1=N. The molecule has 0 fully saturated rings. The topological polar surface area (TPSA) is 39.5 Å². The van der Waals surface area contributed by atoms with Gasteiger partial charge in [0.2, 0.25) is 0 Å². The molecule has 2 rings (SSSR count). The highest BCUT2D eigenvalue weighted by Gasteiger charge is 2.18. The average molecular weight is 310 g/mol. The van der Waals surface area contributed by atoms with Gasteiger partial charge in [-0.05, 0) is 24.1 Å². The number of thioether (sulfide) groups is 1. The minimum Gasteiger partial charge on any atom is -0.277 e. The first-order chi connectivity index (χ1) is 9.70. The van der Waals surface area contributed by atoms with Crippen LogP contribution in [0.2, 0.25) is 5.02 Å². The molecule has 0 aliphatic carbocycles. The smallest absolute Gasteiger partial charge is 0.177 e. The van der Waals surface area contributed by atoms with Gasteiger partial charge in [0.15, 0.2) is 5.17 Å². The van der Waals surface area contributed by atoms with E-state index in [0.29, 0.717) is 5.17 Å². The second kappa shape index (κ2) is 7.70. The Hall–Kier alpha value is -1.00. The van der Waals surface area contributed by atoms with E-state index in [9.17, 15) is 0 Å². The van der Waals surface area contributed by atoms with Gasteiger partial charge >= 0.3 is 0 Å². The molecule has 1 N–H and O–H groups in total. The second-order valence-corrected chi connectivity index (χ2v) is 6.23. The van der Waals surface area contributed by atoms with E-state index in [0.717, 1.165) is 35.0 Å². The van der Waals surface area contributed by atoms with Gasteiger partial charge in [0.05, 0.1) is 5.71 Å². The summed E-state index contributed by atoms with van der Waals surface area (Å²) < 4.78 is 0. The lowest BCUT2D eigenvalue weighted by Crippen LogP contribution is -2.31. The maximum Gasteiger partial charge on any atom is 0.177 e. The molecule has 0 radical (unpaired) electrons. The maximum atomic E-state index is 7.97. The predicted octanol–water partition coefficient (Wildman–Crippen LogP) is 4.61. The number of hydrogen-bond donors (Lipinski definition) is 1. The Bertz CT molecular complexity index is 484. The van der Waals surface area contributed by atoms with E-state index in [1.807, 2.05) is 29.3 Å². The molecule has 20 heavy (non-hydrogen) atoms. The van der Waals surface area contributed by atoms with Crippen molar-refractivity contribution in [3.05, 3.63) is 34.9 Å². The molecular formula is C15H20ClN3S. The summed E-state index contributed by atoms with van der Waals surface area (Å²) in [4.78, 5) is 0. The van der Waals surface area contributed by atoms with Crippen molar-refractivity contribution in [2.45, 2.75) is 32.6 Å². The molecule has 0 atom stereocenters. The van der Waals surface area contributed by atoms with Gasteiger partial charge < -0.3 is 0 Å². The molecule has 1 aliphatic rings. The standard InChI is InChI=1S/C15H20ClN3S/c1-2-3-4-5-10-19-15(17)20-11-14(18-19)12-6-8-13(16)9-7-12/h6-9,17H,2-5,10-11H2,1H3. The highest BCUT2D eigenvalue weighted by atomic mass is 35.5. The first-order valence-corrected chi connectivity index (χ1v) is 8.39. The molecule has 1 aliphatic heterocycles. The van der Waals surface area contributed by atoms with Crippen LogP contribution in [0.1, 0.15) is 38.2 Å². The molecule has 0 spiro atoms. The van der Waals surface area contributed by atoms with Crippen LogP contribution in [0.3, 0.4) is 0 Å². The summed E-state index contributed by atoms with van der Waals surface area (Å²) in [6.07, 6.45) is 4.78. The highest BCUT2D eigenvalue weighted by molar-refractivity contribution is 8.14. The third kappa shape index (κ3) is 4.25. The van der Waals surface area contributed by atoms with Crippen molar-refractivity contribution in [3.63, 3.8) is 0 Å². The van der Waals surface area contributed by atoms with Gasteiger partial charge in [0.25, 0.3) is 0 Å². The van der Waals surface area contributed by atoms with Gasteiger partial charge in [-0.25, -0.2) is 5.01 Å². The third-order valence-electron chi connectivity index (χ3n) is 3.22. The first kappa shape index (κ1) is 15.4. The Morgan fingerprint density at radius 2 is 2.00 bits per heavy atom. The highest BCUT2D eigenvalue weighted by Crippen LogP contribution is 2.20. The number of amidine groups is 1. The maximum absolute atomic E-state index is 7.97. The lowest BCUT2D eigenvalue weighted by Gasteiger charge is -2.25. The fourth-order valence-electron chi connectivity index (χ4n) is 2.05. The number of nitrogens with one attached hydrogen (secondary N) is 1. The molecule has 5 heteroatoms. The van der Waals surface area contributed by atoms with Crippen molar-refractivity contribution in [2.24, 2.45) is 5.10 Å². The number of unbranched alkanes of at least 4 members (excludes halogenated alkanes) is 3. The number of nitrogens with zero attached hydrogens (tertiary/aromatic N) is 2. The Kier molecular flexibility index (Phi) is 5.92. The van der Waals surface area contributed by atoms with E-state index in [1.165, 1.54) is 19.3 Å². The van der Waals surface area contributed by atoms with Crippen molar-refractivity contribution < 1.29 is 0 Å². The van der Waals surface area contributed by atoms with E-state index in [2.05, 4.69) is 12.0 Å². The van der Waals surface area contributed by atoms with E-state index < -0.39 is 0 Å². The monoisotopic (exact) mass is 309 g/mol. The summed E-state index contributed by atoms with van der Waals surface area (Å²) in [6, 6.07) is 7.75. The fourth-order valence-corrected chi connectivity index (χ4v) is 2.96. The lowest BCUT2D eigenvalue weighted by atomic mass is 10.1. The van der Waals surface area contributed by atoms with Crippen molar-refractivity contribution in [1.29, 1.82) is 5.41 Å². The Morgan fingerprint density at radius 1 is 1.25 bits per heavy atom. The van der Waals surface area contributed by atoms with Gasteiger partial charge in [0, 0.05) is 17.3 Å². The molecule has 1 aromatic carbocycles. The van der Waals surface area contributed by atoms with Crippen molar-refractivity contribution >= 4 is 34.2 Å². The Morgan fingerprint density at radius 3 is 2.70 bits per heavy atom. The number of hydrazone groups is 1. The summed E-state index contributed by atoms with van der Waals surface area (Å²) in [5, 5.41) is 15.7. The van der Waals surface area contributed by atoms with E-state index in [4.69, 9.17) is 17.0 Å². The van der Waals surface area contributed by atoms with Crippen LogP contribution >= 0.6 is 23.4 Å². The molecule has 108 valence electrons. The zero-order valence-electron chi connectivity index (χ0n) is 11.7. The summed E-state index contributed by atoms with van der Waals surface area (Å²) in [5.41, 5.74) is 2.12. The van der Waals surface area contributed by atoms with Crippen LogP contribution < -0.4 is 0 Å². The van der Waals surface area contributed by atoms with Gasteiger partial charge in [-0.3, -0.25) is 5.41 Å². The molecule has 0 aromatic heterocycles. The molecule has 1 aromatic rings. The lowest BCUT2D eigenvalue weighted by molar-refractivity contribution is 0.426. The zero-order valence-corrected chi connectivity index (χ0v) is 13.3. The van der Waals surface area contributed by atoms with Crippen LogP contribution in [0, 0.1) is 5.41 Å². The third-order valence-corrected chi connectivity index (χ3v) is 4.38. The molecule has 1 heterocycles. The van der Waals surface area contributed by atoms with Gasteiger partial charge in [0.1, 0.15) is 0 Å². The normalized spacial score (nSPS) is 15.4. The molecule has 3 nitrogen and oxygen atoms in total. The zero-order chi connectivity index (χ0) is 14.4. The molecule has 0 saturated heterocycles. The van der Waals surface area contributed by atoms with Crippen LogP contribution in [-0.2, 0) is 0 Å². The molecule has 0 unspecified atom stereocenters. The first-order valence-electron chi connectivity index (χ1n) is 7.03. The van der Waals surface area contributed by atoms with Crippen LogP contribution in [-0.4, -0.2) is 28.2 Å². The van der Waals surface area contributed by atoms with E-state index in [-0.39, 0.29) is 0 Å². The van der Waals surface area contributed by atoms with E-state index >= 15 is 0 Å². The van der Waals surface area contributed by atoms with Crippen molar-refractivity contribution in [2.75, 3.05) is 12.3 Å². The second-order valence-electron chi connectivity index (χ2n) is 4.83. The predicted molar refractivity (Wildman–Crippen MR) is 89.0 cm³/mol. The van der Waals surface area contributed by atoms with Crippen LogP contribution in [0.5, 0.6) is 0 Å². The van der Waals surface area contributed by atoms with Gasteiger partial charge in [-0.2, -0.15) is 5.10 Å². The minimum atomic E-state index is 0.555. The van der Waals surface area contributed by atoms with Crippen molar-refractivity contribution in [3.8, 4) is 0 Å². The quantitative estimate of drug-likeness (QED) is 0.780. The summed E-state index contributed by atoms with van der Waals surface area (Å²) in [6.45, 7) is 3.04. The molecule has 0 amide bonds. The Labute approximate surface area is 129 Å². The fraction of sp³-hybridized carbons (Fsp3) is 0.467. The summed E-state index contributed by atoms with van der Waals surface area (Å²) >= 11 is 7.45. The number of halogens is 1. The van der Waals surface area contributed by atoms with Crippen molar-refractivity contribution in [1.82, 2.24) is 5.01 Å². The number of benzene rings is 1. The van der Waals surface area contributed by atoms with Crippen LogP contribution in [0.25, 0.3) is 0 Å². The van der Waals surface area contributed by atoms with Gasteiger partial charge in [-0.1, -0.05) is 61.7 Å². The molecule has 0 bridgehead atoms. The number of rotatable bonds is 6. The van der Waals surface area contributed by atoms with Crippen LogP contribution in [0.4, 0.5) is 0 Å². The number of hydrogen-bond acceptors (Lipinski definition) is 3. The largest absolute Gasteiger partial charge is 0.277 e. The van der Waals surface area contributed by atoms with Gasteiger partial charge in [-0.15, -0.1) is 0 Å². The molecular weight excluding hydrogens is 290 g/mol. The Balaban J connectivity index is 2.02. The summed E-state index contributed by atoms with van der Waals surface area (Å²) in [7, 11) is 0.